The Morgan fingerprint density at radius 1 is 0.571 bits per heavy atom. The third-order valence-electron chi connectivity index (χ3n) is 16.2. The van der Waals surface area contributed by atoms with Crippen LogP contribution in [0.25, 0.3) is 21.8 Å². The van der Waals surface area contributed by atoms with Crippen LogP contribution in [0.3, 0.4) is 0 Å². The van der Waals surface area contributed by atoms with E-state index in [-0.39, 0.29) is 58.9 Å². The number of fused-ring (bicyclic) bond motifs is 4. The fourth-order valence-corrected chi connectivity index (χ4v) is 23.2. The predicted molar refractivity (Wildman–Crippen MR) is 304 cm³/mol. The summed E-state index contributed by atoms with van der Waals surface area (Å²) in [4.78, 5) is 64.6. The number of carbonyl (C=O) groups excluding carboxylic acids is 3. The quantitative estimate of drug-likeness (QED) is 0.0651. The molecule has 410 valence electrons. The molecule has 4 aromatic carbocycles. The molecular formula is C61H76F2N4O8Si2. The van der Waals surface area contributed by atoms with E-state index < -0.39 is 22.6 Å². The lowest BCUT2D eigenvalue weighted by Crippen LogP contribution is -2.51. The van der Waals surface area contributed by atoms with Crippen molar-refractivity contribution in [1.29, 1.82) is 0 Å². The van der Waals surface area contributed by atoms with Crippen molar-refractivity contribution in [2.75, 3.05) is 21.2 Å². The van der Waals surface area contributed by atoms with Crippen LogP contribution in [0.15, 0.2) is 73.1 Å². The first-order valence-electron chi connectivity index (χ1n) is 26.9. The number of aliphatic carboxylic acids is 1. The van der Waals surface area contributed by atoms with Crippen LogP contribution in [-0.2, 0) is 53.1 Å². The smallest absolute Gasteiger partial charge is 0.310 e. The molecule has 0 unspecified atom stereocenters. The Labute approximate surface area is 454 Å². The van der Waals surface area contributed by atoms with Gasteiger partial charge in [0, 0.05) is 50.4 Å². The zero-order chi connectivity index (χ0) is 56.6. The van der Waals surface area contributed by atoms with Gasteiger partial charge in [0.2, 0.25) is 0 Å². The number of carboxylic acids is 1. The first kappa shape index (κ1) is 58.2. The van der Waals surface area contributed by atoms with E-state index >= 15 is 0 Å². The van der Waals surface area contributed by atoms with Crippen LogP contribution < -0.4 is 8.85 Å². The molecule has 0 fully saturated rings. The van der Waals surface area contributed by atoms with E-state index in [0.717, 1.165) is 38.8 Å². The Bertz CT molecular complexity index is 3170. The number of pyridine rings is 2. The first-order valence-corrected chi connectivity index (χ1v) is 31.1. The number of methoxy groups -OCH3 is 1. The molecule has 2 aliphatic heterocycles. The molecule has 2 aromatic heterocycles. The average Bonchev–Trinajstić information content (AvgIpc) is 3.94. The third-order valence-corrected chi connectivity index (χ3v) is 28.1. The molecular weight excluding hydrogens is 1010 g/mol. The molecule has 77 heavy (non-hydrogen) atoms. The van der Waals surface area contributed by atoms with Crippen LogP contribution in [0.4, 0.5) is 8.78 Å². The highest BCUT2D eigenvalue weighted by Gasteiger charge is 2.50. The van der Waals surface area contributed by atoms with E-state index in [4.69, 9.17) is 23.6 Å². The molecule has 2 aliphatic rings. The minimum absolute atomic E-state index is 0.0273. The number of rotatable bonds is 18. The van der Waals surface area contributed by atoms with Gasteiger partial charge in [-0.1, -0.05) is 107 Å². The second kappa shape index (κ2) is 23.2. The molecule has 0 radical (unpaired) electrons. The Morgan fingerprint density at radius 2 is 0.909 bits per heavy atom. The van der Waals surface area contributed by atoms with Crippen molar-refractivity contribution in [2.45, 2.75) is 155 Å². The lowest BCUT2D eigenvalue weighted by molar-refractivity contribution is -0.140. The molecule has 1 N–H and O–H groups in total. The number of ether oxygens (including phenoxy) is 1. The van der Waals surface area contributed by atoms with Gasteiger partial charge in [-0.2, -0.15) is 0 Å². The first-order chi connectivity index (χ1) is 36.3. The van der Waals surface area contributed by atoms with Crippen molar-refractivity contribution in [2.24, 2.45) is 0 Å². The highest BCUT2D eigenvalue weighted by molar-refractivity contribution is 6.79. The Hall–Kier alpha value is -6.53. The van der Waals surface area contributed by atoms with Gasteiger partial charge in [0.05, 0.1) is 31.1 Å². The topological polar surface area (TPSA) is 148 Å². The molecule has 8 rings (SSSR count). The predicted octanol–water partition coefficient (Wildman–Crippen LogP) is 13.6. The van der Waals surface area contributed by atoms with Gasteiger partial charge in [-0.25, -0.2) is 8.78 Å². The second-order valence-electron chi connectivity index (χ2n) is 22.9. The number of aromatic nitrogens is 2. The zero-order valence-electron chi connectivity index (χ0n) is 47.5. The van der Waals surface area contributed by atoms with E-state index in [1.54, 1.807) is 60.6 Å². The molecule has 0 bridgehead atoms. The zero-order valence-corrected chi connectivity index (χ0v) is 49.5. The maximum Gasteiger partial charge on any atom is 0.310 e. The van der Waals surface area contributed by atoms with E-state index in [9.17, 15) is 33.1 Å². The van der Waals surface area contributed by atoms with E-state index in [1.165, 1.54) is 31.4 Å². The minimum atomic E-state index is -2.47. The van der Waals surface area contributed by atoms with Gasteiger partial charge in [-0.05, 0) is 127 Å². The molecule has 2 amide bonds. The number of hydrogen-bond donors (Lipinski definition) is 1. The monoisotopic (exact) mass is 1090 g/mol. The number of halogens is 2. The molecule has 0 saturated heterocycles. The number of esters is 1. The number of amides is 2. The lowest BCUT2D eigenvalue weighted by Gasteiger charge is -2.42. The van der Waals surface area contributed by atoms with Gasteiger partial charge in [-0.15, -0.1) is 0 Å². The summed E-state index contributed by atoms with van der Waals surface area (Å²) in [7, 11) is -0.0626. The standard InChI is InChI=1S/C31H39FN2O4Si.C30H37FN2O4Si/c1-18(2)39(19(3)4,20(5)6)38-30-28-26(17-34(7)31(28)36)24(15-27(35)37-8)25-14-22(16-33-29(25)30)13-21-9-11-23(32)12-10-21;1-17(2)38(18(3)4,19(5)6)37-29-27-25(16-33(7)30(27)36)23(14-26(34)35)24-13-21(15-32-28(24)29)12-20-8-10-22(31)11-9-20/h9-12,14,16,18-20H,13,15,17H2,1-8H3;8-11,13,15,17-19H,12,14,16H2,1-7H3,(H,34,35). The van der Waals surface area contributed by atoms with Crippen LogP contribution >= 0.6 is 0 Å². The van der Waals surface area contributed by atoms with Gasteiger partial charge >= 0.3 is 11.9 Å². The van der Waals surface area contributed by atoms with Crippen LogP contribution in [-0.4, -0.2) is 86.5 Å². The maximum atomic E-state index is 13.6. The Kier molecular flexibility index (Phi) is 17.5. The fourth-order valence-electron chi connectivity index (χ4n) is 12.7. The maximum absolute atomic E-state index is 13.6. The van der Waals surface area contributed by atoms with Gasteiger partial charge in [0.15, 0.2) is 0 Å². The summed E-state index contributed by atoms with van der Waals surface area (Å²) in [5.74, 6) is -1.18. The number of carboxylic acid groups (broad SMARTS) is 1. The summed E-state index contributed by atoms with van der Waals surface area (Å²) in [6.07, 6.45) is 4.42. The molecule has 6 aromatic rings. The summed E-state index contributed by atoms with van der Waals surface area (Å²) in [6, 6.07) is 16.7. The van der Waals surface area contributed by atoms with Crippen molar-refractivity contribution in [3.63, 3.8) is 0 Å². The van der Waals surface area contributed by atoms with Crippen molar-refractivity contribution in [3.05, 3.63) is 140 Å². The lowest BCUT2D eigenvalue weighted by atomic mass is 9.93. The minimum Gasteiger partial charge on any atom is -0.541 e. The molecule has 0 spiro atoms. The van der Waals surface area contributed by atoms with Crippen LogP contribution in [0.1, 0.15) is 148 Å². The van der Waals surface area contributed by atoms with Crippen molar-refractivity contribution < 1.29 is 46.7 Å². The van der Waals surface area contributed by atoms with Crippen molar-refractivity contribution in [3.8, 4) is 11.5 Å². The average molecular weight is 1090 g/mol. The van der Waals surface area contributed by atoms with Crippen molar-refractivity contribution >= 4 is 62.2 Å². The van der Waals surface area contributed by atoms with E-state index in [1.807, 2.05) is 12.1 Å². The van der Waals surface area contributed by atoms with Crippen molar-refractivity contribution in [1.82, 2.24) is 19.8 Å². The molecule has 4 heterocycles. The highest BCUT2D eigenvalue weighted by atomic mass is 28.4. The SMILES string of the molecule is CC(C)[Si](Oc1c2c(c(CC(=O)O)c3cc(Cc4ccc(F)cc4)cnc13)CN(C)C2=O)(C(C)C)C(C)C.COC(=O)Cc1c2c(c(O[Si](C(C)C)(C(C)C)C(C)C)c3ncc(Cc4ccc(F)cc4)cc13)C(=O)N(C)C2. The second-order valence-corrected chi connectivity index (χ2v) is 33.6. The molecule has 16 heteroatoms. The largest absolute Gasteiger partial charge is 0.541 e. The molecule has 0 aliphatic carbocycles. The van der Waals surface area contributed by atoms with Crippen LogP contribution in [0.5, 0.6) is 11.5 Å². The van der Waals surface area contributed by atoms with Gasteiger partial charge in [-0.3, -0.25) is 29.1 Å². The Balaban J connectivity index is 0.000000224. The summed E-state index contributed by atoms with van der Waals surface area (Å²) >= 11 is 0. The number of hydrogen-bond acceptors (Lipinski definition) is 9. The Morgan fingerprint density at radius 3 is 1.22 bits per heavy atom. The van der Waals surface area contributed by atoms with Crippen LogP contribution in [0.2, 0.25) is 33.2 Å². The van der Waals surface area contributed by atoms with E-state index in [0.29, 0.717) is 92.7 Å². The van der Waals surface area contributed by atoms with Gasteiger partial charge in [0.1, 0.15) is 34.2 Å². The fraction of sp³-hybridized carbons (Fsp3) is 0.443. The van der Waals surface area contributed by atoms with E-state index in [2.05, 4.69) is 83.1 Å². The van der Waals surface area contributed by atoms with Gasteiger partial charge < -0.3 is 28.5 Å². The molecule has 12 nitrogen and oxygen atoms in total. The molecule has 0 saturated carbocycles. The molecule has 0 atom stereocenters. The summed E-state index contributed by atoms with van der Waals surface area (Å²) in [5, 5.41) is 11.3. The third kappa shape index (κ3) is 11.3. The highest BCUT2D eigenvalue weighted by Crippen LogP contribution is 2.50. The number of nitrogens with zero attached hydrogens (tertiary/aromatic N) is 4. The number of benzene rings is 4. The summed E-state index contributed by atoms with van der Waals surface area (Å²) in [6.45, 7) is 27.1. The van der Waals surface area contributed by atoms with Crippen LogP contribution in [0, 0.1) is 11.6 Å². The normalized spacial score (nSPS) is 13.7. The van der Waals surface area contributed by atoms with Gasteiger partial charge in [0.25, 0.3) is 28.4 Å². The number of carbonyl (C=O) groups is 4. The summed E-state index contributed by atoms with van der Waals surface area (Å²) < 4.78 is 46.3. The summed E-state index contributed by atoms with van der Waals surface area (Å²) in [5.41, 5.74) is 10.3.